The van der Waals surface area contributed by atoms with Crippen LogP contribution < -0.4 is 10.6 Å². The van der Waals surface area contributed by atoms with Gasteiger partial charge in [-0.15, -0.1) is 0 Å². The number of anilines is 1. The van der Waals surface area contributed by atoms with Crippen LogP contribution in [0, 0.1) is 11.3 Å². The number of benzene rings is 1. The van der Waals surface area contributed by atoms with E-state index >= 15 is 0 Å². The fraction of sp³-hybridized carbons (Fsp3) is 0.0833. The molecule has 3 N–H and O–H groups in total. The van der Waals surface area contributed by atoms with E-state index in [1.807, 2.05) is 0 Å². The lowest BCUT2D eigenvalue weighted by Gasteiger charge is -2.04. The summed E-state index contributed by atoms with van der Waals surface area (Å²) >= 11 is 11.6. The number of nitrogens with zero attached hydrogens (tertiary/aromatic N) is 1. The van der Waals surface area contributed by atoms with E-state index in [1.165, 1.54) is 6.07 Å². The van der Waals surface area contributed by atoms with Crippen molar-refractivity contribution in [2.45, 2.75) is 0 Å². The molecule has 104 valence electrons. The van der Waals surface area contributed by atoms with Gasteiger partial charge in [-0.2, -0.15) is 5.26 Å². The molecule has 0 aliphatic rings. The van der Waals surface area contributed by atoms with Crippen LogP contribution in [0.3, 0.4) is 0 Å². The predicted molar refractivity (Wildman–Crippen MR) is 74.4 cm³/mol. The molecular formula is C12H9Cl2N3O3. The Morgan fingerprint density at radius 3 is 2.40 bits per heavy atom. The fourth-order valence-electron chi connectivity index (χ4n) is 1.19. The lowest BCUT2D eigenvalue weighted by atomic mass is 10.2. The number of rotatable bonds is 5. The van der Waals surface area contributed by atoms with Gasteiger partial charge in [-0.1, -0.05) is 23.2 Å². The number of carbonyl (C=O) groups excluding carboxylic acids is 1. The summed E-state index contributed by atoms with van der Waals surface area (Å²) in [5.41, 5.74) is 0.212. The van der Waals surface area contributed by atoms with Crippen LogP contribution in [0.4, 0.5) is 5.69 Å². The monoisotopic (exact) mass is 313 g/mol. The van der Waals surface area contributed by atoms with Crippen molar-refractivity contribution >= 4 is 40.8 Å². The molecule has 1 amide bonds. The number of carboxylic acids is 1. The Labute approximate surface area is 124 Å². The van der Waals surface area contributed by atoms with E-state index in [9.17, 15) is 9.59 Å². The van der Waals surface area contributed by atoms with Crippen LogP contribution in [-0.4, -0.2) is 23.5 Å². The Bertz CT molecular complexity index is 588. The van der Waals surface area contributed by atoms with Crippen molar-refractivity contribution in [3.05, 3.63) is 40.0 Å². The summed E-state index contributed by atoms with van der Waals surface area (Å²) in [6.07, 6.45) is 1.14. The molecule has 0 heterocycles. The molecular weight excluding hydrogens is 305 g/mol. The Morgan fingerprint density at radius 1 is 1.30 bits per heavy atom. The normalized spacial score (nSPS) is 10.6. The third kappa shape index (κ3) is 5.18. The minimum absolute atomic E-state index is 0.276. The average Bonchev–Trinajstić information content (AvgIpc) is 2.35. The number of hydrogen-bond donors (Lipinski definition) is 3. The molecule has 0 atom stereocenters. The van der Waals surface area contributed by atoms with Gasteiger partial charge in [0.15, 0.2) is 0 Å². The first-order chi connectivity index (χ1) is 9.42. The fourth-order valence-corrected chi connectivity index (χ4v) is 1.72. The molecule has 1 aromatic carbocycles. The SMILES string of the molecule is N#C/C(=C/Nc1cc(Cl)cc(Cl)c1)C(=O)NCC(=O)O. The number of hydrogen-bond acceptors (Lipinski definition) is 4. The lowest BCUT2D eigenvalue weighted by Crippen LogP contribution is -2.30. The first kappa shape index (κ1) is 15.8. The zero-order valence-corrected chi connectivity index (χ0v) is 11.5. The van der Waals surface area contributed by atoms with E-state index in [1.54, 1.807) is 18.2 Å². The molecule has 0 fully saturated rings. The first-order valence-electron chi connectivity index (χ1n) is 5.25. The Hall–Kier alpha value is -2.23. The van der Waals surface area contributed by atoms with Crippen LogP contribution in [0.1, 0.15) is 0 Å². The van der Waals surface area contributed by atoms with E-state index < -0.39 is 18.4 Å². The highest BCUT2D eigenvalue weighted by Gasteiger charge is 2.09. The van der Waals surface area contributed by atoms with Gasteiger partial charge >= 0.3 is 5.97 Å². The second-order valence-electron chi connectivity index (χ2n) is 3.55. The molecule has 0 saturated heterocycles. The Balaban J connectivity index is 2.77. The van der Waals surface area contributed by atoms with Crippen molar-refractivity contribution in [2.24, 2.45) is 0 Å². The lowest BCUT2D eigenvalue weighted by molar-refractivity contribution is -0.137. The van der Waals surface area contributed by atoms with Gasteiger partial charge in [-0.25, -0.2) is 0 Å². The van der Waals surface area contributed by atoms with Gasteiger partial charge < -0.3 is 15.7 Å². The van der Waals surface area contributed by atoms with Crippen LogP contribution in [0.15, 0.2) is 30.0 Å². The van der Waals surface area contributed by atoms with Gasteiger partial charge in [0.1, 0.15) is 18.2 Å². The smallest absolute Gasteiger partial charge is 0.322 e. The molecule has 0 aliphatic carbocycles. The number of carboxylic acid groups (broad SMARTS) is 1. The molecule has 0 saturated carbocycles. The van der Waals surface area contributed by atoms with E-state index in [0.717, 1.165) is 6.20 Å². The first-order valence-corrected chi connectivity index (χ1v) is 6.01. The zero-order chi connectivity index (χ0) is 15.1. The van der Waals surface area contributed by atoms with Crippen molar-refractivity contribution in [3.63, 3.8) is 0 Å². The van der Waals surface area contributed by atoms with E-state index in [4.69, 9.17) is 33.6 Å². The van der Waals surface area contributed by atoms with Crippen molar-refractivity contribution in [1.82, 2.24) is 5.32 Å². The second-order valence-corrected chi connectivity index (χ2v) is 4.42. The minimum Gasteiger partial charge on any atom is -0.480 e. The van der Waals surface area contributed by atoms with Crippen molar-refractivity contribution in [1.29, 1.82) is 5.26 Å². The van der Waals surface area contributed by atoms with E-state index in [2.05, 4.69) is 10.6 Å². The molecule has 0 bridgehead atoms. The Morgan fingerprint density at radius 2 is 1.90 bits per heavy atom. The quantitative estimate of drug-likeness (QED) is 0.570. The van der Waals surface area contributed by atoms with Crippen molar-refractivity contribution in [2.75, 3.05) is 11.9 Å². The maximum atomic E-state index is 11.5. The number of nitriles is 1. The van der Waals surface area contributed by atoms with E-state index in [-0.39, 0.29) is 5.57 Å². The maximum absolute atomic E-state index is 11.5. The summed E-state index contributed by atoms with van der Waals surface area (Å²) in [6.45, 7) is -0.569. The van der Waals surface area contributed by atoms with Gasteiger partial charge in [-0.05, 0) is 18.2 Å². The molecule has 8 heteroatoms. The molecule has 0 aliphatic heterocycles. The van der Waals surface area contributed by atoms with Crippen LogP contribution in [0.25, 0.3) is 0 Å². The van der Waals surface area contributed by atoms with Gasteiger partial charge in [-0.3, -0.25) is 9.59 Å². The van der Waals surface area contributed by atoms with Crippen LogP contribution in [0.2, 0.25) is 10.0 Å². The van der Waals surface area contributed by atoms with Crippen LogP contribution in [-0.2, 0) is 9.59 Å². The molecule has 0 unspecified atom stereocenters. The van der Waals surface area contributed by atoms with E-state index in [0.29, 0.717) is 15.7 Å². The summed E-state index contributed by atoms with van der Waals surface area (Å²) in [7, 11) is 0. The molecule has 1 rings (SSSR count). The molecule has 0 aromatic heterocycles. The third-order valence-electron chi connectivity index (χ3n) is 2.01. The van der Waals surface area contributed by atoms with Gasteiger partial charge in [0.05, 0.1) is 0 Å². The predicted octanol–water partition coefficient (Wildman–Crippen LogP) is 2.01. The topological polar surface area (TPSA) is 102 Å². The number of halogens is 2. The van der Waals surface area contributed by atoms with Gasteiger partial charge in [0.2, 0.25) is 0 Å². The highest BCUT2D eigenvalue weighted by molar-refractivity contribution is 6.35. The number of nitrogens with one attached hydrogen (secondary N) is 2. The number of amides is 1. The van der Waals surface area contributed by atoms with Gasteiger partial charge in [0.25, 0.3) is 5.91 Å². The minimum atomic E-state index is -1.20. The summed E-state index contributed by atoms with van der Waals surface area (Å²) in [4.78, 5) is 21.8. The summed E-state index contributed by atoms with van der Waals surface area (Å²) in [6, 6.07) is 6.28. The summed E-state index contributed by atoms with van der Waals surface area (Å²) in [5, 5.41) is 22.8. The van der Waals surface area contributed by atoms with Crippen molar-refractivity contribution in [3.8, 4) is 6.07 Å². The maximum Gasteiger partial charge on any atom is 0.322 e. The molecule has 6 nitrogen and oxygen atoms in total. The number of carbonyl (C=O) groups is 2. The molecule has 0 spiro atoms. The zero-order valence-electron chi connectivity index (χ0n) is 9.98. The van der Waals surface area contributed by atoms with Crippen LogP contribution >= 0.6 is 23.2 Å². The third-order valence-corrected chi connectivity index (χ3v) is 2.45. The number of aliphatic carboxylic acids is 1. The van der Waals surface area contributed by atoms with Crippen LogP contribution in [0.5, 0.6) is 0 Å². The summed E-state index contributed by atoms with van der Waals surface area (Å²) < 4.78 is 0. The van der Waals surface area contributed by atoms with Gasteiger partial charge in [0, 0.05) is 21.9 Å². The summed E-state index contributed by atoms with van der Waals surface area (Å²) in [5.74, 6) is -2.00. The largest absolute Gasteiger partial charge is 0.480 e. The Kier molecular flexibility index (Phi) is 5.84. The average molecular weight is 314 g/mol. The van der Waals surface area contributed by atoms with Crippen molar-refractivity contribution < 1.29 is 14.7 Å². The second kappa shape index (κ2) is 7.38. The standard InChI is InChI=1S/C12H9Cl2N3O3/c13-8-1-9(14)3-10(2-8)16-5-7(4-15)12(20)17-6-11(18)19/h1-3,5,16H,6H2,(H,17,20)(H,18,19)/b7-5-. The molecule has 1 aromatic rings. The highest BCUT2D eigenvalue weighted by Crippen LogP contribution is 2.22. The molecule has 0 radical (unpaired) electrons. The molecule has 20 heavy (non-hydrogen) atoms. The highest BCUT2D eigenvalue weighted by atomic mass is 35.5.